The van der Waals surface area contributed by atoms with Crippen LogP contribution in [0.3, 0.4) is 0 Å². The first-order chi connectivity index (χ1) is 7.90. The third-order valence-electron chi connectivity index (χ3n) is 3.13. The monoisotopic (exact) mass is 231 g/mol. The number of aliphatic hydroxyl groups is 1. The van der Waals surface area contributed by atoms with Gasteiger partial charge in [0, 0.05) is 29.6 Å². The van der Waals surface area contributed by atoms with Crippen LogP contribution in [0.2, 0.25) is 0 Å². The minimum Gasteiger partial charge on any atom is -0.390 e. The van der Waals surface area contributed by atoms with E-state index in [1.54, 1.807) is 0 Å². The molecular formula is C15H21NO. The molecule has 2 nitrogen and oxygen atoms in total. The van der Waals surface area contributed by atoms with Crippen molar-refractivity contribution in [2.24, 2.45) is 0 Å². The number of hydrogen-bond acceptors (Lipinski definition) is 1. The van der Waals surface area contributed by atoms with E-state index in [9.17, 15) is 5.11 Å². The fourth-order valence-electron chi connectivity index (χ4n) is 2.49. The van der Waals surface area contributed by atoms with Crippen LogP contribution in [0.4, 0.5) is 0 Å². The number of hydrogen-bond donors (Lipinski definition) is 1. The molecule has 0 fully saturated rings. The van der Waals surface area contributed by atoms with Gasteiger partial charge in [0.25, 0.3) is 0 Å². The average molecular weight is 231 g/mol. The molecule has 2 aromatic rings. The highest BCUT2D eigenvalue weighted by Gasteiger charge is 2.14. The fraction of sp³-hybridized carbons (Fsp3) is 0.467. The molecule has 0 bridgehead atoms. The number of aromatic nitrogens is 1. The van der Waals surface area contributed by atoms with E-state index in [2.05, 4.69) is 42.7 Å². The number of aryl methyl sites for hydroxylation is 2. The van der Waals surface area contributed by atoms with Crippen molar-refractivity contribution >= 4 is 10.9 Å². The molecule has 0 amide bonds. The van der Waals surface area contributed by atoms with Crippen LogP contribution in [0.15, 0.2) is 24.3 Å². The van der Waals surface area contributed by atoms with Gasteiger partial charge in [-0.05, 0) is 51.5 Å². The van der Waals surface area contributed by atoms with Crippen LogP contribution in [-0.2, 0) is 13.0 Å². The van der Waals surface area contributed by atoms with Crippen LogP contribution in [0, 0.1) is 6.92 Å². The minimum absolute atomic E-state index is 0.643. The van der Waals surface area contributed by atoms with Gasteiger partial charge in [0.05, 0.1) is 5.60 Å². The van der Waals surface area contributed by atoms with Gasteiger partial charge in [-0.1, -0.05) is 6.07 Å². The lowest BCUT2D eigenvalue weighted by molar-refractivity contribution is 0.0810. The van der Waals surface area contributed by atoms with Crippen molar-refractivity contribution in [3.63, 3.8) is 0 Å². The van der Waals surface area contributed by atoms with Crippen molar-refractivity contribution in [3.8, 4) is 0 Å². The molecular weight excluding hydrogens is 210 g/mol. The number of fused-ring (bicyclic) bond motifs is 1. The summed E-state index contributed by atoms with van der Waals surface area (Å²) in [5, 5.41) is 11.1. The van der Waals surface area contributed by atoms with Crippen molar-refractivity contribution in [1.82, 2.24) is 4.57 Å². The molecule has 1 aromatic carbocycles. The van der Waals surface area contributed by atoms with Gasteiger partial charge in [-0.25, -0.2) is 0 Å². The molecule has 0 aliphatic rings. The molecule has 1 aromatic heterocycles. The minimum atomic E-state index is -0.643. The number of benzene rings is 1. The van der Waals surface area contributed by atoms with E-state index in [4.69, 9.17) is 0 Å². The summed E-state index contributed by atoms with van der Waals surface area (Å²) in [5.41, 5.74) is 3.13. The molecule has 2 heteroatoms. The zero-order chi connectivity index (χ0) is 12.6. The molecule has 0 unspecified atom stereocenters. The van der Waals surface area contributed by atoms with E-state index < -0.39 is 5.60 Å². The summed E-state index contributed by atoms with van der Waals surface area (Å²) in [6.07, 6.45) is 0.694. The lowest BCUT2D eigenvalue weighted by Gasteiger charge is -2.17. The van der Waals surface area contributed by atoms with Gasteiger partial charge in [0.1, 0.15) is 0 Å². The average Bonchev–Trinajstić information content (AvgIpc) is 2.50. The van der Waals surface area contributed by atoms with E-state index in [0.717, 1.165) is 6.54 Å². The fourth-order valence-corrected chi connectivity index (χ4v) is 2.49. The molecule has 1 N–H and O–H groups in total. The summed E-state index contributed by atoms with van der Waals surface area (Å²) in [7, 11) is 0. The molecule has 0 saturated carbocycles. The molecule has 92 valence electrons. The van der Waals surface area contributed by atoms with E-state index in [-0.39, 0.29) is 0 Å². The third-order valence-corrected chi connectivity index (χ3v) is 3.13. The molecule has 0 radical (unpaired) electrons. The highest BCUT2D eigenvalue weighted by Crippen LogP contribution is 2.23. The second-order valence-corrected chi connectivity index (χ2v) is 5.41. The Morgan fingerprint density at radius 1 is 1.24 bits per heavy atom. The van der Waals surface area contributed by atoms with E-state index in [0.29, 0.717) is 6.42 Å². The Bertz CT molecular complexity index is 532. The van der Waals surface area contributed by atoms with E-state index in [1.165, 1.54) is 22.2 Å². The van der Waals surface area contributed by atoms with E-state index in [1.807, 2.05) is 13.8 Å². The number of nitrogens with zero attached hydrogens (tertiary/aromatic N) is 1. The maximum Gasteiger partial charge on any atom is 0.0631 e. The molecule has 0 saturated heterocycles. The zero-order valence-corrected chi connectivity index (χ0v) is 11.1. The van der Waals surface area contributed by atoms with Crippen LogP contribution < -0.4 is 0 Å². The van der Waals surface area contributed by atoms with Gasteiger partial charge in [-0.3, -0.25) is 0 Å². The molecule has 2 rings (SSSR count). The highest BCUT2D eigenvalue weighted by molar-refractivity contribution is 5.82. The lowest BCUT2D eigenvalue weighted by Crippen LogP contribution is -2.21. The predicted molar refractivity (Wildman–Crippen MR) is 72.4 cm³/mol. The molecule has 0 aliphatic carbocycles. The molecule has 0 spiro atoms. The Morgan fingerprint density at radius 2 is 1.94 bits per heavy atom. The Balaban J connectivity index is 2.45. The van der Waals surface area contributed by atoms with Crippen molar-refractivity contribution in [1.29, 1.82) is 0 Å². The Morgan fingerprint density at radius 3 is 2.53 bits per heavy atom. The maximum absolute atomic E-state index is 9.84. The SMILES string of the molecule is CCn1c(C)cc2cc(CC(C)(C)O)ccc21. The van der Waals surface area contributed by atoms with Crippen molar-refractivity contribution in [3.05, 3.63) is 35.5 Å². The summed E-state index contributed by atoms with van der Waals surface area (Å²) < 4.78 is 2.31. The lowest BCUT2D eigenvalue weighted by atomic mass is 9.98. The zero-order valence-electron chi connectivity index (χ0n) is 11.1. The van der Waals surface area contributed by atoms with Gasteiger partial charge >= 0.3 is 0 Å². The van der Waals surface area contributed by atoms with Gasteiger partial charge in [-0.15, -0.1) is 0 Å². The Labute approximate surface area is 103 Å². The van der Waals surface area contributed by atoms with Crippen molar-refractivity contribution < 1.29 is 5.11 Å². The van der Waals surface area contributed by atoms with Gasteiger partial charge < -0.3 is 9.67 Å². The molecule has 1 heterocycles. The Kier molecular flexibility index (Phi) is 3.00. The smallest absolute Gasteiger partial charge is 0.0631 e. The predicted octanol–water partition coefficient (Wildman–Crippen LogP) is 3.28. The first-order valence-electron chi connectivity index (χ1n) is 6.22. The summed E-state index contributed by atoms with van der Waals surface area (Å²) >= 11 is 0. The van der Waals surface area contributed by atoms with E-state index >= 15 is 0 Å². The van der Waals surface area contributed by atoms with Crippen LogP contribution in [0.1, 0.15) is 32.0 Å². The van der Waals surface area contributed by atoms with Gasteiger partial charge in [0.2, 0.25) is 0 Å². The van der Waals surface area contributed by atoms with Gasteiger partial charge in [0.15, 0.2) is 0 Å². The second kappa shape index (κ2) is 4.19. The first-order valence-corrected chi connectivity index (χ1v) is 6.22. The summed E-state index contributed by atoms with van der Waals surface area (Å²) in [5.74, 6) is 0. The van der Waals surface area contributed by atoms with Crippen molar-refractivity contribution in [2.45, 2.75) is 46.3 Å². The normalized spacial score (nSPS) is 12.3. The van der Waals surface area contributed by atoms with Crippen LogP contribution in [0.5, 0.6) is 0 Å². The van der Waals surface area contributed by atoms with Crippen molar-refractivity contribution in [2.75, 3.05) is 0 Å². The summed E-state index contributed by atoms with van der Waals surface area (Å²) in [6, 6.07) is 8.68. The highest BCUT2D eigenvalue weighted by atomic mass is 16.3. The van der Waals surface area contributed by atoms with Crippen LogP contribution >= 0.6 is 0 Å². The third kappa shape index (κ3) is 2.52. The second-order valence-electron chi connectivity index (χ2n) is 5.41. The summed E-state index contributed by atoms with van der Waals surface area (Å²) in [6.45, 7) is 9.00. The Hall–Kier alpha value is -1.28. The molecule has 0 aliphatic heterocycles. The standard InChI is InChI=1S/C15H21NO/c1-5-16-11(2)8-13-9-12(6-7-14(13)16)10-15(3,4)17/h6-9,17H,5,10H2,1-4H3. The first kappa shape index (κ1) is 12.2. The maximum atomic E-state index is 9.84. The largest absolute Gasteiger partial charge is 0.390 e. The van der Waals surface area contributed by atoms with Crippen LogP contribution in [0.25, 0.3) is 10.9 Å². The topological polar surface area (TPSA) is 25.2 Å². The van der Waals surface area contributed by atoms with Gasteiger partial charge in [-0.2, -0.15) is 0 Å². The summed E-state index contributed by atoms with van der Waals surface area (Å²) in [4.78, 5) is 0. The molecule has 17 heavy (non-hydrogen) atoms. The number of rotatable bonds is 3. The molecule has 0 atom stereocenters. The van der Waals surface area contributed by atoms with Crippen LogP contribution in [-0.4, -0.2) is 15.3 Å². The quantitative estimate of drug-likeness (QED) is 0.861.